The topological polar surface area (TPSA) is 208 Å². The van der Waals surface area contributed by atoms with Gasteiger partial charge in [0.2, 0.25) is 0 Å². The summed E-state index contributed by atoms with van der Waals surface area (Å²) in [5.41, 5.74) is 4.50. The first-order valence-electron chi connectivity index (χ1n) is 11.9. The lowest BCUT2D eigenvalue weighted by molar-refractivity contribution is -0.134. The van der Waals surface area contributed by atoms with E-state index >= 15 is 0 Å². The van der Waals surface area contributed by atoms with E-state index in [9.17, 15) is 27.4 Å². The van der Waals surface area contributed by atoms with E-state index in [-0.39, 0.29) is 27.6 Å². The first-order valence-corrected chi connectivity index (χ1v) is 13.3. The number of azo groups is 1. The number of hydrazone groups is 1. The molecule has 0 saturated heterocycles. The fourth-order valence-corrected chi connectivity index (χ4v) is 3.98. The molecule has 4 rings (SSSR count). The molecular formula is C27H22N6O8S. The van der Waals surface area contributed by atoms with Crippen molar-refractivity contribution in [1.29, 1.82) is 0 Å². The van der Waals surface area contributed by atoms with Crippen LogP contribution in [0.4, 0.5) is 33.2 Å². The molecule has 5 N–H and O–H groups in total. The van der Waals surface area contributed by atoms with Gasteiger partial charge >= 0.3 is 12.0 Å². The number of carboxylic acids is 1. The lowest BCUT2D eigenvalue weighted by Crippen LogP contribution is -2.19. The van der Waals surface area contributed by atoms with E-state index in [1.54, 1.807) is 36.4 Å². The van der Waals surface area contributed by atoms with E-state index in [1.807, 2.05) is 0 Å². The standard InChI is InChI=1S/C27H22N6O8S/c1-41-25-15-20(33-31-18-3-2-4-21(13-18)42(38,39)40)9-11-23(25)29-27(37)28-16-5-7-17(8-6-16)30-32-19-10-12-24(34)22(14-19)26(35)36/h2-15,30H,1H3,(H,35,36)(H2,28,29,37)(H,38,39,40). The van der Waals surface area contributed by atoms with Gasteiger partial charge in [0.15, 0.2) is 5.78 Å². The van der Waals surface area contributed by atoms with Gasteiger partial charge in [-0.3, -0.25) is 14.8 Å². The van der Waals surface area contributed by atoms with Crippen molar-refractivity contribution in [3.63, 3.8) is 0 Å². The van der Waals surface area contributed by atoms with Gasteiger partial charge < -0.3 is 20.5 Å². The van der Waals surface area contributed by atoms with Crippen molar-refractivity contribution in [1.82, 2.24) is 0 Å². The quantitative estimate of drug-likeness (QED) is 0.0752. The number of carboxylic acid groups (broad SMARTS) is 1. The number of hydrogen-bond donors (Lipinski definition) is 5. The molecular weight excluding hydrogens is 568 g/mol. The van der Waals surface area contributed by atoms with Crippen LogP contribution < -0.4 is 20.8 Å². The van der Waals surface area contributed by atoms with Crippen molar-refractivity contribution >= 4 is 62.1 Å². The molecule has 3 aromatic carbocycles. The molecule has 0 aromatic heterocycles. The van der Waals surface area contributed by atoms with Crippen LogP contribution >= 0.6 is 0 Å². The van der Waals surface area contributed by atoms with Gasteiger partial charge in [0, 0.05) is 11.8 Å². The van der Waals surface area contributed by atoms with Crippen LogP contribution in [-0.2, 0) is 19.7 Å². The smallest absolute Gasteiger partial charge is 0.339 e. The lowest BCUT2D eigenvalue weighted by atomic mass is 10.0. The van der Waals surface area contributed by atoms with E-state index in [0.717, 1.165) is 18.2 Å². The monoisotopic (exact) mass is 590 g/mol. The molecule has 1 aliphatic rings. The third-order valence-electron chi connectivity index (χ3n) is 5.48. The number of amides is 2. The van der Waals surface area contributed by atoms with E-state index in [0.29, 0.717) is 22.7 Å². The number of ketones is 1. The molecule has 0 spiro atoms. The van der Waals surface area contributed by atoms with Crippen LogP contribution in [0.1, 0.15) is 0 Å². The average molecular weight is 591 g/mol. The fourth-order valence-electron chi connectivity index (χ4n) is 3.46. The summed E-state index contributed by atoms with van der Waals surface area (Å²) in [7, 11) is -2.97. The normalized spacial score (nSPS) is 14.0. The Morgan fingerprint density at radius 2 is 1.57 bits per heavy atom. The number of allylic oxidation sites excluding steroid dienone is 3. The van der Waals surface area contributed by atoms with Crippen molar-refractivity contribution in [3.8, 4) is 5.75 Å². The van der Waals surface area contributed by atoms with Crippen LogP contribution in [0.25, 0.3) is 0 Å². The van der Waals surface area contributed by atoms with Crippen molar-refractivity contribution in [2.45, 2.75) is 4.90 Å². The molecule has 0 atom stereocenters. The Morgan fingerprint density at radius 3 is 2.24 bits per heavy atom. The Kier molecular flexibility index (Phi) is 8.84. The number of urea groups is 1. The van der Waals surface area contributed by atoms with Gasteiger partial charge in [-0.05, 0) is 72.8 Å². The molecule has 0 aliphatic heterocycles. The molecule has 2 amide bonds. The van der Waals surface area contributed by atoms with Gasteiger partial charge in [-0.25, -0.2) is 9.59 Å². The summed E-state index contributed by atoms with van der Waals surface area (Å²) in [6, 6.07) is 15.9. The Labute approximate surface area is 238 Å². The average Bonchev–Trinajstić information content (AvgIpc) is 2.96. The minimum atomic E-state index is -4.38. The highest BCUT2D eigenvalue weighted by molar-refractivity contribution is 7.85. The Morgan fingerprint density at radius 1 is 0.881 bits per heavy atom. The third-order valence-corrected chi connectivity index (χ3v) is 6.33. The summed E-state index contributed by atoms with van der Waals surface area (Å²) in [5, 5.41) is 26.5. The van der Waals surface area contributed by atoms with Crippen LogP contribution in [0, 0.1) is 0 Å². The number of aliphatic carboxylic acids is 1. The molecule has 15 heteroatoms. The number of benzene rings is 3. The van der Waals surface area contributed by atoms with Crippen LogP contribution in [0.5, 0.6) is 5.75 Å². The predicted octanol–water partition coefficient (Wildman–Crippen LogP) is 4.92. The van der Waals surface area contributed by atoms with Crippen molar-refractivity contribution in [3.05, 3.63) is 90.5 Å². The maximum Gasteiger partial charge on any atom is 0.339 e. The molecule has 3 aromatic rings. The Balaban J connectivity index is 1.36. The summed E-state index contributed by atoms with van der Waals surface area (Å²) in [6.45, 7) is 0. The van der Waals surface area contributed by atoms with Crippen LogP contribution in [0.15, 0.2) is 111 Å². The zero-order valence-electron chi connectivity index (χ0n) is 21.7. The number of carbonyl (C=O) groups excluding carboxylic acids is 2. The SMILES string of the molecule is COc1cc(N=Nc2cccc(S(=O)(=O)O)c2)ccc1NC(=O)Nc1ccc(NN=C2C=CC(=O)C(C(=O)O)=C2)cc1. The molecule has 14 nitrogen and oxygen atoms in total. The van der Waals surface area contributed by atoms with Gasteiger partial charge in [0.1, 0.15) is 11.3 Å². The van der Waals surface area contributed by atoms with E-state index < -0.39 is 27.9 Å². The molecule has 1 aliphatic carbocycles. The minimum absolute atomic E-state index is 0.200. The van der Waals surface area contributed by atoms with Gasteiger partial charge in [-0.2, -0.15) is 23.7 Å². The second kappa shape index (κ2) is 12.7. The lowest BCUT2D eigenvalue weighted by Gasteiger charge is -2.12. The Bertz CT molecular complexity index is 1780. The first-order chi connectivity index (χ1) is 20.0. The van der Waals surface area contributed by atoms with Crippen LogP contribution in [-0.4, -0.2) is 48.7 Å². The molecule has 0 saturated carbocycles. The Hall–Kier alpha value is -5.67. The predicted molar refractivity (Wildman–Crippen MR) is 153 cm³/mol. The summed E-state index contributed by atoms with van der Waals surface area (Å²) >= 11 is 0. The van der Waals surface area contributed by atoms with E-state index in [1.165, 1.54) is 37.5 Å². The number of ether oxygens (including phenoxy) is 1. The summed E-state index contributed by atoms with van der Waals surface area (Å²) in [6.07, 6.45) is 3.67. The second-order valence-corrected chi connectivity index (χ2v) is 9.84. The van der Waals surface area contributed by atoms with Gasteiger partial charge in [0.25, 0.3) is 10.1 Å². The van der Waals surface area contributed by atoms with Crippen molar-refractivity contribution in [2.24, 2.45) is 15.3 Å². The fraction of sp³-hybridized carbons (Fsp3) is 0.0370. The maximum absolute atomic E-state index is 12.6. The highest BCUT2D eigenvalue weighted by Gasteiger charge is 2.18. The number of anilines is 3. The number of nitrogens with one attached hydrogen (secondary N) is 3. The highest BCUT2D eigenvalue weighted by atomic mass is 32.2. The molecule has 0 bridgehead atoms. The number of rotatable bonds is 9. The van der Waals surface area contributed by atoms with Gasteiger partial charge in [-0.1, -0.05) is 6.07 Å². The first kappa shape index (κ1) is 29.3. The largest absolute Gasteiger partial charge is 0.494 e. The molecule has 214 valence electrons. The zero-order chi connectivity index (χ0) is 30.3. The summed E-state index contributed by atoms with van der Waals surface area (Å²) in [4.78, 5) is 34.9. The van der Waals surface area contributed by atoms with Gasteiger partial charge in [-0.15, -0.1) is 0 Å². The number of methoxy groups -OCH3 is 1. The van der Waals surface area contributed by atoms with Crippen molar-refractivity contribution in [2.75, 3.05) is 23.2 Å². The molecule has 0 radical (unpaired) electrons. The molecule has 0 heterocycles. The maximum atomic E-state index is 12.6. The molecule has 42 heavy (non-hydrogen) atoms. The molecule has 0 unspecified atom stereocenters. The summed E-state index contributed by atoms with van der Waals surface area (Å²) < 4.78 is 37.1. The number of carbonyl (C=O) groups is 3. The van der Waals surface area contributed by atoms with E-state index in [4.69, 9.17) is 9.84 Å². The molecule has 0 fully saturated rings. The van der Waals surface area contributed by atoms with Crippen LogP contribution in [0.3, 0.4) is 0 Å². The third kappa shape index (κ3) is 7.71. The second-order valence-electron chi connectivity index (χ2n) is 8.42. The zero-order valence-corrected chi connectivity index (χ0v) is 22.5. The van der Waals surface area contributed by atoms with Gasteiger partial charge in [0.05, 0.1) is 40.5 Å². The number of hydrogen-bond acceptors (Lipinski definition) is 10. The van der Waals surface area contributed by atoms with Crippen molar-refractivity contribution < 1.29 is 37.2 Å². The number of nitrogens with zero attached hydrogens (tertiary/aromatic N) is 3. The summed E-state index contributed by atoms with van der Waals surface area (Å²) in [5.74, 6) is -1.67. The minimum Gasteiger partial charge on any atom is -0.494 e. The van der Waals surface area contributed by atoms with E-state index in [2.05, 4.69) is 31.4 Å². The van der Waals surface area contributed by atoms with Crippen LogP contribution in [0.2, 0.25) is 0 Å². The highest BCUT2D eigenvalue weighted by Crippen LogP contribution is 2.31.